The lowest BCUT2D eigenvalue weighted by Crippen LogP contribution is -2.28. The van der Waals surface area contributed by atoms with E-state index in [0.717, 1.165) is 6.92 Å². The Morgan fingerprint density at radius 2 is 1.75 bits per heavy atom. The third-order valence-corrected chi connectivity index (χ3v) is 3.40. The molecule has 0 spiro atoms. The van der Waals surface area contributed by atoms with E-state index in [1.807, 2.05) is 4.72 Å². The summed E-state index contributed by atoms with van der Waals surface area (Å²) >= 11 is 0. The van der Waals surface area contributed by atoms with Crippen LogP contribution in [0.5, 0.6) is 0 Å². The summed E-state index contributed by atoms with van der Waals surface area (Å²) in [6.45, 7) is 1.09. The van der Waals surface area contributed by atoms with E-state index in [1.54, 1.807) is 12.1 Å². The minimum Gasteiger partial charge on any atom is -0.277 e. The summed E-state index contributed by atoms with van der Waals surface area (Å²) in [4.78, 5) is 10.7. The molecule has 0 fully saturated rings. The van der Waals surface area contributed by atoms with Gasteiger partial charge in [0.2, 0.25) is 11.6 Å². The summed E-state index contributed by atoms with van der Waals surface area (Å²) in [6.07, 6.45) is 0. The lowest BCUT2D eigenvalue weighted by Gasteiger charge is -2.05. The minimum absolute atomic E-state index is 0.0944. The van der Waals surface area contributed by atoms with E-state index in [4.69, 9.17) is 10.5 Å². The van der Waals surface area contributed by atoms with Gasteiger partial charge in [-0.25, -0.2) is 13.1 Å². The SMILES string of the molecule is CC(=O)NS(=O)(=O)c1ccc(NN=C(C#N)C#N)cc1. The van der Waals surface area contributed by atoms with Gasteiger partial charge in [-0.15, -0.1) is 0 Å². The Labute approximate surface area is 115 Å². The van der Waals surface area contributed by atoms with Gasteiger partial charge in [-0.05, 0) is 24.3 Å². The average molecular weight is 291 g/mol. The second-order valence-corrected chi connectivity index (χ2v) is 5.16. The number of hydrazone groups is 1. The van der Waals surface area contributed by atoms with Gasteiger partial charge in [-0.2, -0.15) is 15.6 Å². The third-order valence-electron chi connectivity index (χ3n) is 1.95. The Bertz CT molecular complexity index is 707. The van der Waals surface area contributed by atoms with Crippen LogP contribution in [0.1, 0.15) is 6.92 Å². The van der Waals surface area contributed by atoms with Crippen molar-refractivity contribution in [1.82, 2.24) is 4.72 Å². The first kappa shape index (κ1) is 15.1. The van der Waals surface area contributed by atoms with E-state index < -0.39 is 15.9 Å². The van der Waals surface area contributed by atoms with Gasteiger partial charge in [0.15, 0.2) is 0 Å². The van der Waals surface area contributed by atoms with Crippen LogP contribution >= 0.6 is 0 Å². The standard InChI is InChI=1S/C11H9N5O3S/c1-8(17)16-20(18,19)11-4-2-9(3-5-11)14-15-10(6-12)7-13/h2-5,14H,1H3,(H,16,17). The lowest BCUT2D eigenvalue weighted by molar-refractivity contribution is -0.117. The molecule has 20 heavy (non-hydrogen) atoms. The van der Waals surface area contributed by atoms with Crippen LogP contribution in [0.4, 0.5) is 5.69 Å². The minimum atomic E-state index is -3.88. The molecule has 1 aromatic rings. The summed E-state index contributed by atoms with van der Waals surface area (Å²) in [6, 6.07) is 8.39. The summed E-state index contributed by atoms with van der Waals surface area (Å²) in [7, 11) is -3.88. The van der Waals surface area contributed by atoms with E-state index in [-0.39, 0.29) is 10.6 Å². The molecule has 0 aliphatic rings. The van der Waals surface area contributed by atoms with Gasteiger partial charge in [0.25, 0.3) is 10.0 Å². The van der Waals surface area contributed by atoms with Gasteiger partial charge < -0.3 is 0 Å². The Kier molecular flexibility index (Phi) is 4.78. The first-order valence-corrected chi connectivity index (χ1v) is 6.64. The van der Waals surface area contributed by atoms with Gasteiger partial charge in [0.1, 0.15) is 12.1 Å². The van der Waals surface area contributed by atoms with E-state index in [0.29, 0.717) is 5.69 Å². The molecule has 0 aliphatic carbocycles. The van der Waals surface area contributed by atoms with Gasteiger partial charge in [-0.3, -0.25) is 10.2 Å². The highest BCUT2D eigenvalue weighted by atomic mass is 32.2. The zero-order chi connectivity index (χ0) is 15.2. The molecule has 8 nitrogen and oxygen atoms in total. The van der Waals surface area contributed by atoms with Crippen molar-refractivity contribution < 1.29 is 13.2 Å². The van der Waals surface area contributed by atoms with Crippen molar-refractivity contribution in [2.24, 2.45) is 5.10 Å². The Morgan fingerprint density at radius 1 is 1.20 bits per heavy atom. The molecular formula is C11H9N5O3S. The molecule has 0 saturated carbocycles. The van der Waals surface area contributed by atoms with Crippen molar-refractivity contribution in [2.75, 3.05) is 5.43 Å². The van der Waals surface area contributed by atoms with Crippen LogP contribution in [0.2, 0.25) is 0 Å². The molecule has 0 aromatic heterocycles. The zero-order valence-electron chi connectivity index (χ0n) is 10.3. The molecule has 102 valence electrons. The maximum absolute atomic E-state index is 11.6. The Hall–Kier alpha value is -2.91. The molecule has 0 unspecified atom stereocenters. The number of nitrogens with zero attached hydrogens (tertiary/aromatic N) is 3. The molecule has 0 atom stereocenters. The van der Waals surface area contributed by atoms with Crippen LogP contribution < -0.4 is 10.1 Å². The van der Waals surface area contributed by atoms with Crippen LogP contribution in [0.15, 0.2) is 34.3 Å². The predicted molar refractivity (Wildman–Crippen MR) is 69.7 cm³/mol. The molecule has 0 aliphatic heterocycles. The van der Waals surface area contributed by atoms with E-state index >= 15 is 0 Å². The number of sulfonamides is 1. The van der Waals surface area contributed by atoms with Crippen molar-refractivity contribution in [2.45, 2.75) is 11.8 Å². The van der Waals surface area contributed by atoms with Crippen LogP contribution in [0.25, 0.3) is 0 Å². The second kappa shape index (κ2) is 6.31. The largest absolute Gasteiger partial charge is 0.277 e. The molecule has 0 saturated heterocycles. The second-order valence-electron chi connectivity index (χ2n) is 3.48. The Balaban J connectivity index is 2.91. The van der Waals surface area contributed by atoms with E-state index in [2.05, 4.69) is 10.5 Å². The predicted octanol–water partition coefficient (Wildman–Crippen LogP) is 0.326. The van der Waals surface area contributed by atoms with Gasteiger partial charge in [0, 0.05) is 6.92 Å². The summed E-state index contributed by atoms with van der Waals surface area (Å²) in [5, 5.41) is 20.4. The number of carbonyl (C=O) groups is 1. The highest BCUT2D eigenvalue weighted by Gasteiger charge is 2.14. The highest BCUT2D eigenvalue weighted by Crippen LogP contribution is 2.13. The van der Waals surface area contributed by atoms with Gasteiger partial charge in [-0.1, -0.05) is 0 Å². The molecule has 0 radical (unpaired) electrons. The average Bonchev–Trinajstić information content (AvgIpc) is 2.39. The number of nitriles is 2. The van der Waals surface area contributed by atoms with Crippen molar-refractivity contribution in [1.29, 1.82) is 10.5 Å². The first-order chi connectivity index (χ1) is 9.39. The number of anilines is 1. The molecule has 2 N–H and O–H groups in total. The van der Waals surface area contributed by atoms with Crippen molar-refractivity contribution >= 4 is 27.3 Å². The molecule has 1 amide bonds. The quantitative estimate of drug-likeness (QED) is 0.606. The molecule has 1 aromatic carbocycles. The van der Waals surface area contributed by atoms with Crippen molar-refractivity contribution in [3.8, 4) is 12.1 Å². The van der Waals surface area contributed by atoms with Gasteiger partial charge in [0.05, 0.1) is 10.6 Å². The third kappa shape index (κ3) is 4.08. The summed E-state index contributed by atoms with van der Waals surface area (Å²) in [5.74, 6) is -0.690. The number of amides is 1. The normalized spacial score (nSPS) is 9.75. The fourth-order valence-corrected chi connectivity index (χ4v) is 2.14. The smallest absolute Gasteiger partial charge is 0.264 e. The molecular weight excluding hydrogens is 282 g/mol. The summed E-state index contributed by atoms with van der Waals surface area (Å²) < 4.78 is 25.1. The van der Waals surface area contributed by atoms with E-state index in [9.17, 15) is 13.2 Å². The van der Waals surface area contributed by atoms with E-state index in [1.165, 1.54) is 24.3 Å². The van der Waals surface area contributed by atoms with Crippen molar-refractivity contribution in [3.05, 3.63) is 24.3 Å². The van der Waals surface area contributed by atoms with Crippen LogP contribution in [-0.2, 0) is 14.8 Å². The number of benzene rings is 1. The fraction of sp³-hybridized carbons (Fsp3) is 0.0909. The number of carbonyl (C=O) groups excluding carboxylic acids is 1. The number of nitrogens with one attached hydrogen (secondary N) is 2. The molecule has 9 heteroatoms. The fourth-order valence-electron chi connectivity index (χ4n) is 1.15. The highest BCUT2D eigenvalue weighted by molar-refractivity contribution is 7.90. The Morgan fingerprint density at radius 3 is 2.20 bits per heavy atom. The maximum atomic E-state index is 11.6. The first-order valence-electron chi connectivity index (χ1n) is 5.16. The van der Waals surface area contributed by atoms with Crippen LogP contribution in [0.3, 0.4) is 0 Å². The lowest BCUT2D eigenvalue weighted by atomic mass is 10.3. The number of rotatable bonds is 4. The van der Waals surface area contributed by atoms with Crippen LogP contribution in [0, 0.1) is 22.7 Å². The molecule has 0 bridgehead atoms. The van der Waals surface area contributed by atoms with Gasteiger partial charge >= 0.3 is 0 Å². The number of hydrogen-bond acceptors (Lipinski definition) is 7. The number of hydrogen-bond donors (Lipinski definition) is 2. The topological polar surface area (TPSA) is 135 Å². The molecule has 1 rings (SSSR count). The zero-order valence-corrected chi connectivity index (χ0v) is 11.1. The van der Waals surface area contributed by atoms with Crippen LogP contribution in [-0.4, -0.2) is 20.0 Å². The monoisotopic (exact) mass is 291 g/mol. The van der Waals surface area contributed by atoms with Crippen molar-refractivity contribution in [3.63, 3.8) is 0 Å². The molecule has 0 heterocycles. The maximum Gasteiger partial charge on any atom is 0.264 e. The summed E-state index contributed by atoms with van der Waals surface area (Å²) in [5.41, 5.74) is 2.45.